The Balaban J connectivity index is 1.37. The Morgan fingerprint density at radius 3 is 2.48 bits per heavy atom. The van der Waals surface area contributed by atoms with Crippen LogP contribution in [0.1, 0.15) is 30.0 Å². The van der Waals surface area contributed by atoms with Gasteiger partial charge in [-0.1, -0.05) is 18.2 Å². The number of hydrogen-bond acceptors (Lipinski definition) is 7. The summed E-state index contributed by atoms with van der Waals surface area (Å²) in [5.41, 5.74) is 4.00. The molecule has 0 aliphatic carbocycles. The number of ether oxygens (including phenoxy) is 3. The third-order valence-electron chi connectivity index (χ3n) is 7.30. The van der Waals surface area contributed by atoms with Gasteiger partial charge in [-0.2, -0.15) is 5.10 Å². The minimum absolute atomic E-state index is 0.343. The molecule has 2 N–H and O–H groups in total. The Hall–Kier alpha value is -4.56. The predicted molar refractivity (Wildman–Crippen MR) is 157 cm³/mol. The Kier molecular flexibility index (Phi) is 7.50. The summed E-state index contributed by atoms with van der Waals surface area (Å²) < 4.78 is 19.0. The largest absolute Gasteiger partial charge is 0.497 e. The minimum atomic E-state index is 0.343. The van der Waals surface area contributed by atoms with Gasteiger partial charge >= 0.3 is 0 Å². The maximum absolute atomic E-state index is 6.02. The van der Waals surface area contributed by atoms with Crippen molar-refractivity contribution in [3.8, 4) is 28.7 Å². The standard InChI is InChI=1S/C32H33N5O3/c1-38-27-13-10-22(29(19-27)39-2)21-35-32-31-28(16-18-34-32)30(23-7-6-17-33-20-23)36-37(31)24-11-14-26(15-12-24)40-25-8-4-3-5-9-25/h3-5,8-16,18-19,23,33H,6-7,17,20-21H2,1-2H3,(H,34,35)/t23-/m1/s1. The quantitative estimate of drug-likeness (QED) is 0.229. The SMILES string of the molecule is COc1ccc(CNc2nccc3c([C@@H]4CCCNC4)nn(-c4ccc(Oc5ccccc5)cc4)c23)c(OC)c1. The van der Waals surface area contributed by atoms with Crippen LogP contribution in [0.3, 0.4) is 0 Å². The lowest BCUT2D eigenvalue weighted by molar-refractivity contribution is 0.391. The average Bonchev–Trinajstić information content (AvgIpc) is 3.42. The summed E-state index contributed by atoms with van der Waals surface area (Å²) in [6, 6.07) is 25.7. The van der Waals surface area contributed by atoms with E-state index in [1.165, 1.54) is 0 Å². The van der Waals surface area contributed by atoms with E-state index in [1.807, 2.05) is 83.7 Å². The van der Waals surface area contributed by atoms with Gasteiger partial charge in [0.05, 0.1) is 25.6 Å². The summed E-state index contributed by atoms with van der Waals surface area (Å²) in [5.74, 6) is 4.19. The van der Waals surface area contributed by atoms with Crippen LogP contribution in [0.5, 0.6) is 23.0 Å². The second-order valence-corrected chi connectivity index (χ2v) is 9.84. The molecule has 0 spiro atoms. The summed E-state index contributed by atoms with van der Waals surface area (Å²) >= 11 is 0. The van der Waals surface area contributed by atoms with E-state index in [0.717, 1.165) is 82.6 Å². The monoisotopic (exact) mass is 535 g/mol. The Morgan fingerprint density at radius 1 is 0.925 bits per heavy atom. The van der Waals surface area contributed by atoms with Crippen molar-refractivity contribution in [1.29, 1.82) is 0 Å². The number of pyridine rings is 1. The number of nitrogens with zero attached hydrogens (tertiary/aromatic N) is 3. The molecule has 0 radical (unpaired) electrons. The molecule has 40 heavy (non-hydrogen) atoms. The first kappa shape index (κ1) is 25.7. The van der Waals surface area contributed by atoms with E-state index < -0.39 is 0 Å². The van der Waals surface area contributed by atoms with Gasteiger partial charge in [0.25, 0.3) is 0 Å². The van der Waals surface area contributed by atoms with E-state index in [9.17, 15) is 0 Å². The van der Waals surface area contributed by atoms with Crippen molar-refractivity contribution in [2.24, 2.45) is 0 Å². The molecule has 2 aromatic heterocycles. The molecule has 5 aromatic rings. The average molecular weight is 536 g/mol. The number of anilines is 1. The zero-order chi connectivity index (χ0) is 27.3. The van der Waals surface area contributed by atoms with E-state index in [2.05, 4.69) is 16.7 Å². The predicted octanol–water partition coefficient (Wildman–Crippen LogP) is 6.31. The van der Waals surface area contributed by atoms with Crippen LogP contribution < -0.4 is 24.8 Å². The Bertz CT molecular complexity index is 1580. The molecule has 3 aromatic carbocycles. The lowest BCUT2D eigenvalue weighted by Crippen LogP contribution is -2.28. The highest BCUT2D eigenvalue weighted by atomic mass is 16.5. The number of fused-ring (bicyclic) bond motifs is 1. The molecule has 1 atom stereocenters. The lowest BCUT2D eigenvalue weighted by Gasteiger charge is -2.21. The molecule has 1 fully saturated rings. The number of piperidine rings is 1. The highest BCUT2D eigenvalue weighted by Crippen LogP contribution is 2.35. The molecule has 8 nitrogen and oxygen atoms in total. The minimum Gasteiger partial charge on any atom is -0.497 e. The number of nitrogens with one attached hydrogen (secondary N) is 2. The topological polar surface area (TPSA) is 82.5 Å². The summed E-state index contributed by atoms with van der Waals surface area (Å²) in [6.45, 7) is 2.51. The normalized spacial score (nSPS) is 15.1. The first-order chi connectivity index (χ1) is 19.7. The van der Waals surface area contributed by atoms with Crippen LogP contribution in [0.15, 0.2) is 85.1 Å². The van der Waals surface area contributed by atoms with Crippen LogP contribution in [0, 0.1) is 0 Å². The number of para-hydroxylation sites is 1. The smallest absolute Gasteiger partial charge is 0.152 e. The second-order valence-electron chi connectivity index (χ2n) is 9.84. The molecule has 8 heteroatoms. The number of rotatable bonds is 9. The van der Waals surface area contributed by atoms with Gasteiger partial charge in [0.2, 0.25) is 0 Å². The number of benzene rings is 3. The van der Waals surface area contributed by atoms with Gasteiger partial charge in [-0.3, -0.25) is 0 Å². The van der Waals surface area contributed by atoms with Crippen LogP contribution in [-0.2, 0) is 6.54 Å². The third-order valence-corrected chi connectivity index (χ3v) is 7.30. The summed E-state index contributed by atoms with van der Waals surface area (Å²) in [4.78, 5) is 4.75. The van der Waals surface area contributed by atoms with Crippen molar-refractivity contribution < 1.29 is 14.2 Å². The van der Waals surface area contributed by atoms with Crippen molar-refractivity contribution in [3.05, 3.63) is 96.3 Å². The molecule has 0 amide bonds. The molecule has 6 rings (SSSR count). The fourth-order valence-electron chi connectivity index (χ4n) is 5.25. The molecule has 204 valence electrons. The van der Waals surface area contributed by atoms with E-state index in [1.54, 1.807) is 14.2 Å². The highest BCUT2D eigenvalue weighted by Gasteiger charge is 2.24. The van der Waals surface area contributed by atoms with E-state index >= 15 is 0 Å². The Labute approximate surface area is 233 Å². The van der Waals surface area contributed by atoms with Crippen LogP contribution in [0.2, 0.25) is 0 Å². The van der Waals surface area contributed by atoms with E-state index in [4.69, 9.17) is 24.3 Å². The van der Waals surface area contributed by atoms with Crippen LogP contribution in [0.25, 0.3) is 16.6 Å². The third kappa shape index (κ3) is 5.31. The van der Waals surface area contributed by atoms with Gasteiger partial charge in [0.1, 0.15) is 28.5 Å². The van der Waals surface area contributed by atoms with Gasteiger partial charge in [0, 0.05) is 42.2 Å². The van der Waals surface area contributed by atoms with Crippen LogP contribution in [-0.4, -0.2) is 42.1 Å². The molecular weight excluding hydrogens is 502 g/mol. The molecule has 0 unspecified atom stereocenters. The first-order valence-corrected chi connectivity index (χ1v) is 13.6. The Morgan fingerprint density at radius 2 is 1.73 bits per heavy atom. The van der Waals surface area contributed by atoms with Gasteiger partial charge in [-0.25, -0.2) is 9.67 Å². The first-order valence-electron chi connectivity index (χ1n) is 13.6. The van der Waals surface area contributed by atoms with Gasteiger partial charge in [-0.15, -0.1) is 0 Å². The number of methoxy groups -OCH3 is 2. The van der Waals surface area contributed by atoms with E-state index in [-0.39, 0.29) is 0 Å². The zero-order valence-corrected chi connectivity index (χ0v) is 22.8. The molecule has 0 saturated carbocycles. The zero-order valence-electron chi connectivity index (χ0n) is 22.8. The maximum Gasteiger partial charge on any atom is 0.152 e. The number of hydrogen-bond donors (Lipinski definition) is 2. The number of aromatic nitrogens is 3. The van der Waals surface area contributed by atoms with Crippen molar-refractivity contribution in [2.45, 2.75) is 25.3 Å². The molecule has 1 saturated heterocycles. The molecule has 3 heterocycles. The highest BCUT2D eigenvalue weighted by molar-refractivity contribution is 5.92. The van der Waals surface area contributed by atoms with Gasteiger partial charge in [0.15, 0.2) is 5.82 Å². The van der Waals surface area contributed by atoms with Gasteiger partial charge in [-0.05, 0) is 74.0 Å². The fourth-order valence-corrected chi connectivity index (χ4v) is 5.25. The van der Waals surface area contributed by atoms with Crippen molar-refractivity contribution >= 4 is 16.7 Å². The summed E-state index contributed by atoms with van der Waals surface area (Å²) in [6.07, 6.45) is 4.10. The molecule has 1 aliphatic rings. The molecule has 1 aliphatic heterocycles. The van der Waals surface area contributed by atoms with Gasteiger partial charge < -0.3 is 24.8 Å². The second kappa shape index (κ2) is 11.7. The summed E-state index contributed by atoms with van der Waals surface area (Å²) in [7, 11) is 3.32. The van der Waals surface area contributed by atoms with Crippen LogP contribution >= 0.6 is 0 Å². The van der Waals surface area contributed by atoms with Crippen molar-refractivity contribution in [3.63, 3.8) is 0 Å². The van der Waals surface area contributed by atoms with Crippen LogP contribution in [0.4, 0.5) is 5.82 Å². The summed E-state index contributed by atoms with van der Waals surface area (Å²) in [5, 5.41) is 13.4. The van der Waals surface area contributed by atoms with Crippen molar-refractivity contribution in [1.82, 2.24) is 20.1 Å². The molecular formula is C32H33N5O3. The van der Waals surface area contributed by atoms with E-state index in [0.29, 0.717) is 12.5 Å². The maximum atomic E-state index is 6.02. The lowest BCUT2D eigenvalue weighted by atomic mass is 9.94. The van der Waals surface area contributed by atoms with Crippen molar-refractivity contribution in [2.75, 3.05) is 32.6 Å². The fraction of sp³-hybridized carbons (Fsp3) is 0.250. The molecule has 0 bridgehead atoms.